The number of halogens is 2. The van der Waals surface area contributed by atoms with E-state index in [0.29, 0.717) is 11.4 Å². The van der Waals surface area contributed by atoms with Gasteiger partial charge in [0.05, 0.1) is 22.0 Å². The van der Waals surface area contributed by atoms with Gasteiger partial charge in [0.2, 0.25) is 0 Å². The van der Waals surface area contributed by atoms with E-state index < -0.39 is 6.10 Å². The van der Waals surface area contributed by atoms with Crippen molar-refractivity contribution in [2.24, 2.45) is 0 Å². The van der Waals surface area contributed by atoms with Crippen LogP contribution in [0.15, 0.2) is 22.7 Å². The second kappa shape index (κ2) is 6.95. The number of aliphatic hydroxyl groups is 1. The fraction of sp³-hybridized carbons (Fsp3) is 0.438. The van der Waals surface area contributed by atoms with Gasteiger partial charge in [0.1, 0.15) is 0 Å². The Morgan fingerprint density at radius 2 is 2.10 bits per heavy atom. The summed E-state index contributed by atoms with van der Waals surface area (Å²) in [4.78, 5) is 0. The van der Waals surface area contributed by atoms with Crippen molar-refractivity contribution in [2.75, 3.05) is 0 Å². The first-order chi connectivity index (χ1) is 9.99. The summed E-state index contributed by atoms with van der Waals surface area (Å²) in [5, 5.41) is 15.8. The Morgan fingerprint density at radius 3 is 2.71 bits per heavy atom. The van der Waals surface area contributed by atoms with Crippen LogP contribution >= 0.6 is 27.5 Å². The second-order valence-corrected chi connectivity index (χ2v) is 6.25. The lowest BCUT2D eigenvalue weighted by atomic mass is 10.0. The highest BCUT2D eigenvalue weighted by atomic mass is 79.9. The molecular formula is C16H20BrClN2O. The largest absolute Gasteiger partial charge is 0.388 e. The van der Waals surface area contributed by atoms with Crippen molar-refractivity contribution >= 4 is 27.5 Å². The normalized spacial score (nSPS) is 12.7. The molecule has 0 fully saturated rings. The highest BCUT2D eigenvalue weighted by molar-refractivity contribution is 9.10. The van der Waals surface area contributed by atoms with Gasteiger partial charge in [0.15, 0.2) is 0 Å². The maximum atomic E-state index is 10.6. The quantitative estimate of drug-likeness (QED) is 0.842. The van der Waals surface area contributed by atoms with Crippen molar-refractivity contribution < 1.29 is 5.11 Å². The summed E-state index contributed by atoms with van der Waals surface area (Å²) in [5.74, 6) is 0. The van der Waals surface area contributed by atoms with Crippen molar-refractivity contribution in [3.63, 3.8) is 0 Å². The zero-order valence-electron chi connectivity index (χ0n) is 12.5. The smallest absolute Gasteiger partial charge is 0.0860 e. The maximum absolute atomic E-state index is 10.6. The minimum Gasteiger partial charge on any atom is -0.388 e. The van der Waals surface area contributed by atoms with Crippen molar-refractivity contribution in [2.45, 2.75) is 46.3 Å². The molecule has 0 aliphatic heterocycles. The molecule has 0 amide bonds. The Kier molecular flexibility index (Phi) is 5.47. The zero-order valence-corrected chi connectivity index (χ0v) is 14.9. The van der Waals surface area contributed by atoms with Gasteiger partial charge in [0.25, 0.3) is 0 Å². The summed E-state index contributed by atoms with van der Waals surface area (Å²) >= 11 is 9.92. The predicted octanol–water partition coefficient (Wildman–Crippen LogP) is 4.47. The molecule has 2 aromatic rings. The molecule has 0 saturated carbocycles. The number of hydrogen-bond acceptors (Lipinski definition) is 2. The molecule has 21 heavy (non-hydrogen) atoms. The highest BCUT2D eigenvalue weighted by Crippen LogP contribution is 2.31. The van der Waals surface area contributed by atoms with E-state index in [4.69, 9.17) is 11.6 Å². The first kappa shape index (κ1) is 16.5. The van der Waals surface area contributed by atoms with E-state index in [-0.39, 0.29) is 0 Å². The predicted molar refractivity (Wildman–Crippen MR) is 89.8 cm³/mol. The van der Waals surface area contributed by atoms with Crippen LogP contribution < -0.4 is 0 Å². The second-order valence-electron chi connectivity index (χ2n) is 5.07. The summed E-state index contributed by atoms with van der Waals surface area (Å²) < 4.78 is 2.94. The molecule has 114 valence electrons. The number of benzene rings is 1. The average molecular weight is 372 g/mol. The van der Waals surface area contributed by atoms with E-state index in [1.54, 1.807) is 0 Å². The molecule has 0 spiro atoms. The number of rotatable bonds is 5. The highest BCUT2D eigenvalue weighted by Gasteiger charge is 2.20. The first-order valence-electron chi connectivity index (χ1n) is 7.16. The molecule has 1 heterocycles. The van der Waals surface area contributed by atoms with Gasteiger partial charge in [0, 0.05) is 18.0 Å². The molecule has 0 aliphatic carbocycles. The molecule has 1 N–H and O–H groups in total. The molecule has 1 atom stereocenters. The van der Waals surface area contributed by atoms with E-state index in [1.807, 2.05) is 29.8 Å². The first-order valence-corrected chi connectivity index (χ1v) is 8.33. The van der Waals surface area contributed by atoms with Crippen LogP contribution in [0.1, 0.15) is 42.5 Å². The van der Waals surface area contributed by atoms with Crippen LogP contribution in [-0.4, -0.2) is 14.9 Å². The van der Waals surface area contributed by atoms with Gasteiger partial charge >= 0.3 is 0 Å². The minimum atomic E-state index is -0.639. The maximum Gasteiger partial charge on any atom is 0.0860 e. The van der Waals surface area contributed by atoms with Gasteiger partial charge < -0.3 is 5.11 Å². The van der Waals surface area contributed by atoms with Gasteiger partial charge in [-0.25, -0.2) is 0 Å². The van der Waals surface area contributed by atoms with Crippen LogP contribution in [0, 0.1) is 6.92 Å². The van der Waals surface area contributed by atoms with Crippen molar-refractivity contribution in [1.82, 2.24) is 9.78 Å². The standard InChI is InChI=1S/C16H20BrClN2O/c1-4-12-15(17)13(20(5-2)19-12)9-14(21)11-8-6-7-10(3)16(11)18/h6-8,14,21H,4-5,9H2,1-3H3. The van der Waals surface area contributed by atoms with E-state index in [1.165, 1.54) is 0 Å². The van der Waals surface area contributed by atoms with E-state index in [2.05, 4.69) is 34.9 Å². The van der Waals surface area contributed by atoms with Gasteiger partial charge in [-0.2, -0.15) is 5.10 Å². The molecule has 5 heteroatoms. The Bertz CT molecular complexity index is 639. The lowest BCUT2D eigenvalue weighted by molar-refractivity contribution is 0.175. The third-order valence-corrected chi connectivity index (χ3v) is 5.09. The minimum absolute atomic E-state index is 0.491. The Labute approximate surface area is 139 Å². The fourth-order valence-electron chi connectivity index (χ4n) is 2.43. The third-order valence-electron chi connectivity index (χ3n) is 3.66. The number of hydrogen-bond donors (Lipinski definition) is 1. The average Bonchev–Trinajstić information content (AvgIpc) is 2.78. The van der Waals surface area contributed by atoms with E-state index in [9.17, 15) is 5.11 Å². The molecule has 2 rings (SSSR count). The Morgan fingerprint density at radius 1 is 1.38 bits per heavy atom. The molecule has 0 aliphatic rings. The molecule has 0 radical (unpaired) electrons. The van der Waals surface area contributed by atoms with Crippen LogP contribution in [0.5, 0.6) is 0 Å². The number of nitrogens with zero attached hydrogens (tertiary/aromatic N) is 2. The van der Waals surface area contributed by atoms with E-state index in [0.717, 1.165) is 40.0 Å². The van der Waals surface area contributed by atoms with Crippen molar-refractivity contribution in [3.8, 4) is 0 Å². The van der Waals surface area contributed by atoms with E-state index >= 15 is 0 Å². The molecular weight excluding hydrogens is 352 g/mol. The van der Waals surface area contributed by atoms with Gasteiger partial charge in [-0.1, -0.05) is 36.7 Å². The fourth-order valence-corrected chi connectivity index (χ4v) is 3.41. The molecule has 1 aromatic heterocycles. The van der Waals surface area contributed by atoms with Crippen LogP contribution in [0.25, 0.3) is 0 Å². The molecule has 1 unspecified atom stereocenters. The molecule has 0 bridgehead atoms. The number of aliphatic hydroxyl groups excluding tert-OH is 1. The zero-order chi connectivity index (χ0) is 15.6. The van der Waals surface area contributed by atoms with Crippen LogP contribution in [0.3, 0.4) is 0 Å². The van der Waals surface area contributed by atoms with Gasteiger partial charge in [-0.15, -0.1) is 0 Å². The monoisotopic (exact) mass is 370 g/mol. The Balaban J connectivity index is 2.33. The van der Waals surface area contributed by atoms with Crippen LogP contribution in [0.2, 0.25) is 5.02 Å². The SMILES string of the molecule is CCc1nn(CC)c(CC(O)c2cccc(C)c2Cl)c1Br. The number of aryl methyl sites for hydroxylation is 3. The summed E-state index contributed by atoms with van der Waals surface area (Å²) in [6.45, 7) is 6.85. The lowest BCUT2D eigenvalue weighted by Crippen LogP contribution is -2.09. The van der Waals surface area contributed by atoms with Crippen molar-refractivity contribution in [3.05, 3.63) is 50.2 Å². The summed E-state index contributed by atoms with van der Waals surface area (Å²) in [6, 6.07) is 5.74. The number of aromatic nitrogens is 2. The Hall–Kier alpha value is -0.840. The van der Waals surface area contributed by atoms with Crippen molar-refractivity contribution in [1.29, 1.82) is 0 Å². The van der Waals surface area contributed by atoms with Gasteiger partial charge in [-0.3, -0.25) is 4.68 Å². The van der Waals surface area contributed by atoms with Gasteiger partial charge in [-0.05, 0) is 47.3 Å². The molecule has 1 aromatic carbocycles. The molecule has 0 saturated heterocycles. The summed E-state index contributed by atoms with van der Waals surface area (Å²) in [6.07, 6.45) is 0.715. The van der Waals surface area contributed by atoms with Crippen LogP contribution in [0.4, 0.5) is 0 Å². The topological polar surface area (TPSA) is 38.0 Å². The summed E-state index contributed by atoms with van der Waals surface area (Å²) in [7, 11) is 0. The summed E-state index contributed by atoms with van der Waals surface area (Å²) in [5.41, 5.74) is 3.78. The third kappa shape index (κ3) is 3.33. The lowest BCUT2D eigenvalue weighted by Gasteiger charge is -2.15. The molecule has 3 nitrogen and oxygen atoms in total. The van der Waals surface area contributed by atoms with Crippen LogP contribution in [-0.2, 0) is 19.4 Å².